The largest absolute Gasteiger partial charge is 0.497 e. The molecule has 0 radical (unpaired) electrons. The first-order valence-electron chi connectivity index (χ1n) is 9.27. The van der Waals surface area contributed by atoms with Crippen molar-refractivity contribution >= 4 is 32.5 Å². The van der Waals surface area contributed by atoms with Gasteiger partial charge in [-0.25, -0.2) is 8.42 Å². The van der Waals surface area contributed by atoms with Crippen LogP contribution in [-0.2, 0) is 15.6 Å². The highest BCUT2D eigenvalue weighted by atomic mass is 32.2. The molecule has 2 aliphatic rings. The third-order valence-electron chi connectivity index (χ3n) is 5.40. The van der Waals surface area contributed by atoms with Crippen molar-refractivity contribution in [2.24, 2.45) is 4.99 Å². The lowest BCUT2D eigenvalue weighted by Gasteiger charge is -2.27. The molecule has 28 heavy (non-hydrogen) atoms. The van der Waals surface area contributed by atoms with Gasteiger partial charge in [-0.15, -0.1) is 0 Å². The number of amidine groups is 1. The molecule has 0 aromatic heterocycles. The van der Waals surface area contributed by atoms with E-state index in [-0.39, 0.29) is 23.6 Å². The van der Waals surface area contributed by atoms with Gasteiger partial charge in [-0.1, -0.05) is 30.0 Å². The number of nitrogens with zero attached hydrogens (tertiary/aromatic N) is 2. The van der Waals surface area contributed by atoms with Gasteiger partial charge >= 0.3 is 0 Å². The summed E-state index contributed by atoms with van der Waals surface area (Å²) in [4.78, 5) is 6.94. The van der Waals surface area contributed by atoms with E-state index in [9.17, 15) is 8.42 Å². The Morgan fingerprint density at radius 1 is 1.11 bits per heavy atom. The highest BCUT2D eigenvalue weighted by Crippen LogP contribution is 2.36. The molecule has 0 amide bonds. The van der Waals surface area contributed by atoms with Crippen LogP contribution in [0, 0.1) is 13.8 Å². The second-order valence-corrected chi connectivity index (χ2v) is 10.5. The van der Waals surface area contributed by atoms with Crippen molar-refractivity contribution in [1.82, 2.24) is 0 Å². The van der Waals surface area contributed by atoms with Crippen LogP contribution in [0.25, 0.3) is 0 Å². The summed E-state index contributed by atoms with van der Waals surface area (Å²) < 4.78 is 29.6. The number of anilines is 1. The summed E-state index contributed by atoms with van der Waals surface area (Å²) in [6, 6.07) is 14.0. The van der Waals surface area contributed by atoms with Crippen molar-refractivity contribution in [2.45, 2.75) is 31.7 Å². The topological polar surface area (TPSA) is 59.0 Å². The molecule has 1 fully saturated rings. The first-order valence-corrected chi connectivity index (χ1v) is 12.1. The molecule has 4 rings (SSSR count). The van der Waals surface area contributed by atoms with Crippen LogP contribution in [0.4, 0.5) is 5.69 Å². The number of hydrogen-bond donors (Lipinski definition) is 0. The highest BCUT2D eigenvalue weighted by Gasteiger charge is 2.47. The maximum absolute atomic E-state index is 12.2. The van der Waals surface area contributed by atoms with Crippen LogP contribution >= 0.6 is 11.8 Å². The van der Waals surface area contributed by atoms with Crippen LogP contribution < -0.4 is 9.64 Å². The van der Waals surface area contributed by atoms with E-state index in [1.54, 1.807) is 18.9 Å². The van der Waals surface area contributed by atoms with Gasteiger partial charge in [0.15, 0.2) is 15.0 Å². The Labute approximate surface area is 170 Å². The van der Waals surface area contributed by atoms with E-state index < -0.39 is 9.84 Å². The molecule has 2 aromatic rings. The number of fused-ring (bicyclic) bond motifs is 1. The fraction of sp³-hybridized carbons (Fsp3) is 0.381. The zero-order valence-corrected chi connectivity index (χ0v) is 17.9. The number of aryl methyl sites for hydroxylation is 2. The lowest BCUT2D eigenvalue weighted by molar-refractivity contribution is 0.414. The quantitative estimate of drug-likeness (QED) is 0.762. The van der Waals surface area contributed by atoms with Gasteiger partial charge in [0.25, 0.3) is 0 Å². The van der Waals surface area contributed by atoms with Gasteiger partial charge in [0.2, 0.25) is 0 Å². The number of rotatable bonds is 4. The standard InChI is InChI=1S/C21H24N2O3S2/c1-14-4-7-17(10-15(14)2)23-20-13-28(24,25)12-19(20)22-21(23)27-11-16-5-8-18(26-3)9-6-16/h4-10,19-20H,11-13H2,1-3H3/t19-,20-/m0/s1. The van der Waals surface area contributed by atoms with Crippen LogP contribution in [-0.4, -0.2) is 44.3 Å². The number of sulfone groups is 1. The Morgan fingerprint density at radius 2 is 1.86 bits per heavy atom. The molecule has 0 bridgehead atoms. The van der Waals surface area contributed by atoms with Crippen molar-refractivity contribution in [2.75, 3.05) is 23.5 Å². The first-order chi connectivity index (χ1) is 13.4. The molecule has 0 spiro atoms. The minimum absolute atomic E-state index is 0.106. The van der Waals surface area contributed by atoms with Gasteiger partial charge in [-0.05, 0) is 54.8 Å². The summed E-state index contributed by atoms with van der Waals surface area (Å²) in [5.74, 6) is 1.92. The van der Waals surface area contributed by atoms with Crippen molar-refractivity contribution < 1.29 is 13.2 Å². The van der Waals surface area contributed by atoms with Gasteiger partial charge in [-0.3, -0.25) is 4.99 Å². The lowest BCUT2D eigenvalue weighted by Crippen LogP contribution is -2.39. The minimum atomic E-state index is -3.03. The average Bonchev–Trinajstić information content (AvgIpc) is 3.14. The van der Waals surface area contributed by atoms with Gasteiger partial charge in [0, 0.05) is 11.4 Å². The molecule has 7 heteroatoms. The maximum atomic E-state index is 12.2. The first kappa shape index (κ1) is 19.3. The Balaban J connectivity index is 1.60. The van der Waals surface area contributed by atoms with E-state index in [1.165, 1.54) is 16.7 Å². The Kier molecular flexibility index (Phi) is 5.14. The molecule has 0 aliphatic carbocycles. The van der Waals surface area contributed by atoms with Gasteiger partial charge in [-0.2, -0.15) is 0 Å². The van der Waals surface area contributed by atoms with E-state index in [1.807, 2.05) is 24.3 Å². The number of thioether (sulfide) groups is 1. The van der Waals surface area contributed by atoms with Crippen molar-refractivity contribution in [1.29, 1.82) is 0 Å². The fourth-order valence-corrected chi connectivity index (χ4v) is 6.60. The predicted octanol–water partition coefficient (Wildman–Crippen LogP) is 3.59. The van der Waals surface area contributed by atoms with Crippen LogP contribution in [0.15, 0.2) is 47.5 Å². The fourth-order valence-electron chi connectivity index (χ4n) is 3.68. The number of methoxy groups -OCH3 is 1. The zero-order valence-electron chi connectivity index (χ0n) is 16.3. The molecule has 148 valence electrons. The van der Waals surface area contributed by atoms with Gasteiger partial charge in [0.05, 0.1) is 30.7 Å². The Bertz CT molecular complexity index is 1020. The Morgan fingerprint density at radius 3 is 2.54 bits per heavy atom. The van der Waals surface area contributed by atoms with E-state index in [0.717, 1.165) is 22.4 Å². The summed E-state index contributed by atoms with van der Waals surface area (Å²) in [6.45, 7) is 4.17. The molecule has 0 saturated carbocycles. The summed E-state index contributed by atoms with van der Waals surface area (Å²) in [7, 11) is -1.38. The summed E-state index contributed by atoms with van der Waals surface area (Å²) in [5, 5.41) is 0.906. The molecule has 1 saturated heterocycles. The second kappa shape index (κ2) is 7.44. The molecular weight excluding hydrogens is 392 g/mol. The van der Waals surface area contributed by atoms with Gasteiger partial charge in [0.1, 0.15) is 5.75 Å². The van der Waals surface area contributed by atoms with Crippen LogP contribution in [0.5, 0.6) is 5.75 Å². The van der Waals surface area contributed by atoms with E-state index in [2.05, 4.69) is 36.9 Å². The van der Waals surface area contributed by atoms with Crippen LogP contribution in [0.2, 0.25) is 0 Å². The number of hydrogen-bond acceptors (Lipinski definition) is 6. The highest BCUT2D eigenvalue weighted by molar-refractivity contribution is 8.13. The van der Waals surface area contributed by atoms with E-state index >= 15 is 0 Å². The summed E-state index contributed by atoms with van der Waals surface area (Å²) >= 11 is 1.66. The maximum Gasteiger partial charge on any atom is 0.164 e. The molecule has 0 N–H and O–H groups in total. The summed E-state index contributed by atoms with van der Waals surface area (Å²) in [6.07, 6.45) is 0. The molecule has 0 unspecified atom stereocenters. The molecule has 5 nitrogen and oxygen atoms in total. The smallest absolute Gasteiger partial charge is 0.164 e. The molecule has 2 aromatic carbocycles. The minimum Gasteiger partial charge on any atom is -0.497 e. The van der Waals surface area contributed by atoms with Gasteiger partial charge < -0.3 is 9.64 Å². The average molecular weight is 417 g/mol. The lowest BCUT2D eigenvalue weighted by atomic mass is 10.1. The normalized spacial score (nSPS) is 22.8. The molecule has 2 aliphatic heterocycles. The second-order valence-electron chi connectivity index (χ2n) is 7.40. The van der Waals surface area contributed by atoms with Crippen molar-refractivity contribution in [3.05, 3.63) is 59.2 Å². The number of aliphatic imine (C=N–C) groups is 1. The van der Waals surface area contributed by atoms with Crippen molar-refractivity contribution in [3.63, 3.8) is 0 Å². The van der Waals surface area contributed by atoms with Crippen LogP contribution in [0.1, 0.15) is 16.7 Å². The van der Waals surface area contributed by atoms with E-state index in [4.69, 9.17) is 9.73 Å². The number of benzene rings is 2. The monoisotopic (exact) mass is 416 g/mol. The SMILES string of the molecule is COc1ccc(CSC2=N[C@H]3CS(=O)(=O)C[C@@H]3N2c2ccc(C)c(C)c2)cc1. The molecular formula is C21H24N2O3S2. The van der Waals surface area contributed by atoms with Crippen molar-refractivity contribution in [3.8, 4) is 5.75 Å². The zero-order chi connectivity index (χ0) is 19.9. The summed E-state index contributed by atoms with van der Waals surface area (Å²) in [5.41, 5.74) is 4.62. The van der Waals surface area contributed by atoms with E-state index in [0.29, 0.717) is 0 Å². The predicted molar refractivity (Wildman–Crippen MR) is 116 cm³/mol. The molecule has 2 heterocycles. The number of ether oxygens (including phenoxy) is 1. The third-order valence-corrected chi connectivity index (χ3v) is 8.14. The molecule has 2 atom stereocenters. The third kappa shape index (κ3) is 3.78. The Hall–Kier alpha value is -1.99. The van der Waals surface area contributed by atoms with Crippen LogP contribution in [0.3, 0.4) is 0 Å².